The minimum absolute atomic E-state index is 0.0516. The molecule has 1 aliphatic rings. The average molecular weight is 398 g/mol. The van der Waals surface area contributed by atoms with E-state index in [1.807, 2.05) is 11.8 Å². The zero-order chi connectivity index (χ0) is 19.9. The number of imide groups is 1. The summed E-state index contributed by atoms with van der Waals surface area (Å²) in [4.78, 5) is 25.4. The molecule has 27 heavy (non-hydrogen) atoms. The molecule has 1 aromatic rings. The van der Waals surface area contributed by atoms with Crippen molar-refractivity contribution in [2.24, 2.45) is 0 Å². The molecule has 3 amide bonds. The molecule has 1 aromatic carbocycles. The van der Waals surface area contributed by atoms with Gasteiger partial charge in [0.05, 0.1) is 18.6 Å². The number of carbonyl (C=O) groups is 2. The Labute approximate surface area is 159 Å². The van der Waals surface area contributed by atoms with Gasteiger partial charge in [-0.05, 0) is 30.7 Å². The van der Waals surface area contributed by atoms with Gasteiger partial charge in [-0.1, -0.05) is 6.92 Å². The van der Waals surface area contributed by atoms with Gasteiger partial charge < -0.3 is 10.1 Å². The number of methoxy groups -OCH3 is 1. The lowest BCUT2D eigenvalue weighted by Gasteiger charge is -2.33. The van der Waals surface area contributed by atoms with Gasteiger partial charge in [0, 0.05) is 32.7 Å². The smallest absolute Gasteiger partial charge is 0.321 e. The quantitative estimate of drug-likeness (QED) is 0.681. The van der Waals surface area contributed by atoms with E-state index in [-0.39, 0.29) is 24.5 Å². The first-order valence-electron chi connectivity index (χ1n) is 8.81. The molecule has 1 saturated heterocycles. The number of nitrogens with zero attached hydrogens (tertiary/aromatic N) is 2. The van der Waals surface area contributed by atoms with Crippen LogP contribution in [0.25, 0.3) is 0 Å². The normalized spacial score (nSPS) is 15.9. The SMILES string of the molecule is CCCNC(=O)NC(=O)CN1CCN(S(=O)(=O)c2ccc(OC)cc2)CC1. The summed E-state index contributed by atoms with van der Waals surface area (Å²) < 4.78 is 31.8. The van der Waals surface area contributed by atoms with E-state index in [2.05, 4.69) is 10.6 Å². The van der Waals surface area contributed by atoms with Crippen molar-refractivity contribution in [3.8, 4) is 5.75 Å². The van der Waals surface area contributed by atoms with Crippen LogP contribution >= 0.6 is 0 Å². The van der Waals surface area contributed by atoms with Crippen LogP contribution in [0.4, 0.5) is 4.79 Å². The second kappa shape index (κ2) is 9.67. The predicted octanol–water partition coefficient (Wildman–Crippen LogP) is 0.237. The highest BCUT2D eigenvalue weighted by Gasteiger charge is 2.29. The molecule has 0 saturated carbocycles. The average Bonchev–Trinajstić information content (AvgIpc) is 2.66. The number of amides is 3. The zero-order valence-electron chi connectivity index (χ0n) is 15.6. The Hall–Kier alpha value is -2.17. The molecule has 0 aliphatic carbocycles. The number of ether oxygens (including phenoxy) is 1. The van der Waals surface area contributed by atoms with Crippen molar-refractivity contribution in [3.05, 3.63) is 24.3 Å². The lowest BCUT2D eigenvalue weighted by Crippen LogP contribution is -2.52. The minimum atomic E-state index is -3.58. The second-order valence-electron chi connectivity index (χ2n) is 6.16. The van der Waals surface area contributed by atoms with Crippen LogP contribution in [0.5, 0.6) is 5.75 Å². The molecule has 1 heterocycles. The van der Waals surface area contributed by atoms with E-state index >= 15 is 0 Å². The monoisotopic (exact) mass is 398 g/mol. The fourth-order valence-corrected chi connectivity index (χ4v) is 4.10. The summed E-state index contributed by atoms with van der Waals surface area (Å²) in [6.07, 6.45) is 0.784. The van der Waals surface area contributed by atoms with Crippen LogP contribution in [0.15, 0.2) is 29.2 Å². The Morgan fingerprint density at radius 3 is 2.30 bits per heavy atom. The van der Waals surface area contributed by atoms with E-state index in [0.29, 0.717) is 25.4 Å². The Balaban J connectivity index is 1.85. The molecule has 1 aliphatic heterocycles. The van der Waals surface area contributed by atoms with Gasteiger partial charge in [-0.3, -0.25) is 15.0 Å². The van der Waals surface area contributed by atoms with Crippen molar-refractivity contribution in [1.29, 1.82) is 0 Å². The van der Waals surface area contributed by atoms with E-state index in [0.717, 1.165) is 6.42 Å². The number of hydrogen-bond acceptors (Lipinski definition) is 6. The van der Waals surface area contributed by atoms with Crippen LogP contribution in [-0.2, 0) is 14.8 Å². The third-order valence-corrected chi connectivity index (χ3v) is 6.10. The number of piperazine rings is 1. The summed E-state index contributed by atoms with van der Waals surface area (Å²) in [5.41, 5.74) is 0. The summed E-state index contributed by atoms with van der Waals surface area (Å²) in [6.45, 7) is 3.87. The van der Waals surface area contributed by atoms with Crippen LogP contribution in [0.2, 0.25) is 0 Å². The maximum atomic E-state index is 12.7. The number of benzene rings is 1. The number of sulfonamides is 1. The van der Waals surface area contributed by atoms with E-state index < -0.39 is 22.0 Å². The number of hydrogen-bond donors (Lipinski definition) is 2. The van der Waals surface area contributed by atoms with Crippen LogP contribution < -0.4 is 15.4 Å². The molecule has 0 bridgehead atoms. The molecule has 10 heteroatoms. The highest BCUT2D eigenvalue weighted by Crippen LogP contribution is 2.20. The molecule has 2 N–H and O–H groups in total. The van der Waals surface area contributed by atoms with E-state index in [4.69, 9.17) is 4.74 Å². The van der Waals surface area contributed by atoms with E-state index in [9.17, 15) is 18.0 Å². The van der Waals surface area contributed by atoms with Crippen molar-refractivity contribution < 1.29 is 22.7 Å². The molecule has 150 valence electrons. The highest BCUT2D eigenvalue weighted by atomic mass is 32.2. The van der Waals surface area contributed by atoms with Crippen LogP contribution in [-0.4, -0.2) is 75.9 Å². The van der Waals surface area contributed by atoms with Crippen molar-refractivity contribution in [3.63, 3.8) is 0 Å². The molecule has 2 rings (SSSR count). The van der Waals surface area contributed by atoms with Gasteiger partial charge in [0.2, 0.25) is 15.9 Å². The number of rotatable bonds is 7. The molecule has 1 fully saturated rings. The van der Waals surface area contributed by atoms with Crippen molar-refractivity contribution in [1.82, 2.24) is 19.8 Å². The maximum Gasteiger partial charge on any atom is 0.321 e. The molecule has 0 radical (unpaired) electrons. The van der Waals surface area contributed by atoms with Crippen molar-refractivity contribution in [2.45, 2.75) is 18.2 Å². The predicted molar refractivity (Wildman–Crippen MR) is 100 cm³/mol. The Bertz CT molecular complexity index is 743. The molecule has 9 nitrogen and oxygen atoms in total. The lowest BCUT2D eigenvalue weighted by atomic mass is 10.3. The molecule has 0 spiro atoms. The molecule has 0 unspecified atom stereocenters. The van der Waals surface area contributed by atoms with E-state index in [1.165, 1.54) is 23.5 Å². The van der Waals surface area contributed by atoms with Gasteiger partial charge in [0.1, 0.15) is 5.75 Å². The van der Waals surface area contributed by atoms with Crippen LogP contribution in [0, 0.1) is 0 Å². The topological polar surface area (TPSA) is 108 Å². The summed E-state index contributed by atoms with van der Waals surface area (Å²) in [6, 6.07) is 5.74. The van der Waals surface area contributed by atoms with Crippen LogP contribution in [0.3, 0.4) is 0 Å². The Kier molecular flexibility index (Phi) is 7.57. The van der Waals surface area contributed by atoms with Gasteiger partial charge in [-0.25, -0.2) is 13.2 Å². The largest absolute Gasteiger partial charge is 0.497 e. The summed E-state index contributed by atoms with van der Waals surface area (Å²) in [7, 11) is -2.06. The van der Waals surface area contributed by atoms with Gasteiger partial charge in [-0.15, -0.1) is 0 Å². The zero-order valence-corrected chi connectivity index (χ0v) is 16.4. The first-order chi connectivity index (χ1) is 12.9. The van der Waals surface area contributed by atoms with Crippen LogP contribution in [0.1, 0.15) is 13.3 Å². The minimum Gasteiger partial charge on any atom is -0.497 e. The fraction of sp³-hybridized carbons (Fsp3) is 0.529. The first kappa shape index (κ1) is 21.1. The van der Waals surface area contributed by atoms with E-state index in [1.54, 1.807) is 12.1 Å². The fourth-order valence-electron chi connectivity index (χ4n) is 2.68. The van der Waals surface area contributed by atoms with Gasteiger partial charge >= 0.3 is 6.03 Å². The lowest BCUT2D eigenvalue weighted by molar-refractivity contribution is -0.121. The first-order valence-corrected chi connectivity index (χ1v) is 10.2. The molecule has 0 aromatic heterocycles. The number of carbonyl (C=O) groups excluding carboxylic acids is 2. The van der Waals surface area contributed by atoms with Gasteiger partial charge in [0.25, 0.3) is 0 Å². The third kappa shape index (κ3) is 5.91. The number of urea groups is 1. The molecular formula is C17H26N4O5S. The molecule has 0 atom stereocenters. The third-order valence-electron chi connectivity index (χ3n) is 4.18. The Morgan fingerprint density at radius 1 is 1.11 bits per heavy atom. The number of nitrogens with one attached hydrogen (secondary N) is 2. The van der Waals surface area contributed by atoms with Crippen molar-refractivity contribution in [2.75, 3.05) is 46.4 Å². The van der Waals surface area contributed by atoms with Gasteiger partial charge in [-0.2, -0.15) is 4.31 Å². The summed E-state index contributed by atoms with van der Waals surface area (Å²) >= 11 is 0. The van der Waals surface area contributed by atoms with Crippen molar-refractivity contribution >= 4 is 22.0 Å². The standard InChI is InChI=1S/C17H26N4O5S/c1-3-8-18-17(23)19-16(22)13-20-9-11-21(12-10-20)27(24,25)15-6-4-14(26-2)5-7-15/h4-7H,3,8-13H2,1-2H3,(H2,18,19,22,23). The molecular weight excluding hydrogens is 372 g/mol. The Morgan fingerprint density at radius 2 is 1.74 bits per heavy atom. The maximum absolute atomic E-state index is 12.7. The summed E-state index contributed by atoms with van der Waals surface area (Å²) in [5, 5.41) is 4.83. The summed E-state index contributed by atoms with van der Waals surface area (Å²) in [5.74, 6) is 0.183. The highest BCUT2D eigenvalue weighted by molar-refractivity contribution is 7.89. The van der Waals surface area contributed by atoms with Gasteiger partial charge in [0.15, 0.2) is 0 Å². The second-order valence-corrected chi connectivity index (χ2v) is 8.10.